The molecule has 0 radical (unpaired) electrons. The van der Waals surface area contributed by atoms with Crippen LogP contribution in [0.1, 0.15) is 6.42 Å². The summed E-state index contributed by atoms with van der Waals surface area (Å²) in [5.41, 5.74) is 0. The summed E-state index contributed by atoms with van der Waals surface area (Å²) in [7, 11) is -2.89. The summed E-state index contributed by atoms with van der Waals surface area (Å²) >= 11 is 0. The Balaban J connectivity index is 2.27. The van der Waals surface area contributed by atoms with Crippen molar-refractivity contribution in [2.45, 2.75) is 12.5 Å². The number of piperazine rings is 1. The highest BCUT2D eigenvalue weighted by Gasteiger charge is 2.17. The van der Waals surface area contributed by atoms with Crippen LogP contribution in [-0.2, 0) is 14.6 Å². The molecule has 1 fully saturated rings. The van der Waals surface area contributed by atoms with E-state index in [9.17, 15) is 13.2 Å². The fraction of sp³-hybridized carbons (Fsp3) is 0.857. The van der Waals surface area contributed by atoms with E-state index >= 15 is 0 Å². The number of nitrogens with one attached hydrogen (secondary N) is 2. The molecular weight excluding hydrogens is 192 g/mol. The molecule has 1 rings (SSSR count). The van der Waals surface area contributed by atoms with Gasteiger partial charge >= 0.3 is 0 Å². The highest BCUT2D eigenvalue weighted by molar-refractivity contribution is 7.90. The van der Waals surface area contributed by atoms with Gasteiger partial charge in [-0.1, -0.05) is 0 Å². The number of hydrogen-bond donors (Lipinski definition) is 2. The van der Waals surface area contributed by atoms with Crippen LogP contribution < -0.4 is 10.6 Å². The molecule has 1 aliphatic heterocycles. The normalized spacial score (nSPS) is 24.1. The quantitative estimate of drug-likeness (QED) is 0.590. The van der Waals surface area contributed by atoms with Crippen molar-refractivity contribution in [1.29, 1.82) is 0 Å². The van der Waals surface area contributed by atoms with Crippen molar-refractivity contribution in [3.05, 3.63) is 0 Å². The Morgan fingerprint density at radius 1 is 1.54 bits per heavy atom. The topological polar surface area (TPSA) is 75.3 Å². The first-order chi connectivity index (χ1) is 5.97. The van der Waals surface area contributed by atoms with Crippen molar-refractivity contribution in [2.75, 3.05) is 25.1 Å². The van der Waals surface area contributed by atoms with E-state index < -0.39 is 9.84 Å². The van der Waals surface area contributed by atoms with Crippen molar-refractivity contribution in [3.63, 3.8) is 0 Å². The maximum Gasteiger partial charge on any atom is 0.234 e. The van der Waals surface area contributed by atoms with E-state index in [1.165, 1.54) is 6.26 Å². The molecular formula is C7H14N2O3S. The lowest BCUT2D eigenvalue weighted by molar-refractivity contribution is -0.121. The fourth-order valence-corrected chi connectivity index (χ4v) is 1.88. The highest BCUT2D eigenvalue weighted by Crippen LogP contribution is 1.97. The zero-order valence-corrected chi connectivity index (χ0v) is 8.36. The summed E-state index contributed by atoms with van der Waals surface area (Å²) in [4.78, 5) is 10.7. The summed E-state index contributed by atoms with van der Waals surface area (Å²) in [6.45, 7) is 0.808. The molecule has 1 aliphatic rings. The standard InChI is InChI=1S/C7H14N2O3S/c1-13(11,12)3-2-6-4-9-7(10)5-8-6/h6,8H,2-5H2,1H3,(H,9,10)/t6-/m0/s1. The molecule has 0 aromatic rings. The molecule has 0 unspecified atom stereocenters. The molecule has 76 valence electrons. The van der Waals surface area contributed by atoms with E-state index in [4.69, 9.17) is 0 Å². The molecule has 0 bridgehead atoms. The van der Waals surface area contributed by atoms with Gasteiger partial charge in [-0.3, -0.25) is 4.79 Å². The molecule has 0 aromatic carbocycles. The van der Waals surface area contributed by atoms with E-state index in [0.717, 1.165) is 0 Å². The monoisotopic (exact) mass is 206 g/mol. The number of sulfone groups is 1. The fourth-order valence-electron chi connectivity index (χ4n) is 1.17. The summed E-state index contributed by atoms with van der Waals surface area (Å²) in [5, 5.41) is 5.64. The first-order valence-corrected chi connectivity index (χ1v) is 6.21. The van der Waals surface area contributed by atoms with Crippen LogP contribution in [0, 0.1) is 0 Å². The summed E-state index contributed by atoms with van der Waals surface area (Å²) in [6.07, 6.45) is 1.77. The number of rotatable bonds is 3. The zero-order chi connectivity index (χ0) is 9.90. The Morgan fingerprint density at radius 3 is 2.69 bits per heavy atom. The first kappa shape index (κ1) is 10.5. The minimum absolute atomic E-state index is 0.0318. The molecule has 2 N–H and O–H groups in total. The molecule has 6 heteroatoms. The molecule has 5 nitrogen and oxygen atoms in total. The minimum atomic E-state index is -2.89. The molecule has 1 saturated heterocycles. The van der Waals surface area contributed by atoms with Gasteiger partial charge < -0.3 is 10.6 Å². The Labute approximate surface area is 77.8 Å². The van der Waals surface area contributed by atoms with Crippen molar-refractivity contribution >= 4 is 15.7 Å². The Morgan fingerprint density at radius 2 is 2.23 bits per heavy atom. The average molecular weight is 206 g/mol. The molecule has 0 spiro atoms. The largest absolute Gasteiger partial charge is 0.353 e. The van der Waals surface area contributed by atoms with Crippen molar-refractivity contribution in [2.24, 2.45) is 0 Å². The van der Waals surface area contributed by atoms with Gasteiger partial charge in [0.15, 0.2) is 0 Å². The lowest BCUT2D eigenvalue weighted by Gasteiger charge is -2.23. The molecule has 0 aromatic heterocycles. The van der Waals surface area contributed by atoms with E-state index in [2.05, 4.69) is 10.6 Å². The van der Waals surface area contributed by atoms with Crippen molar-refractivity contribution in [3.8, 4) is 0 Å². The van der Waals surface area contributed by atoms with Gasteiger partial charge in [-0.05, 0) is 6.42 Å². The number of amides is 1. The van der Waals surface area contributed by atoms with Gasteiger partial charge in [-0.15, -0.1) is 0 Å². The predicted molar refractivity (Wildman–Crippen MR) is 49.1 cm³/mol. The molecule has 13 heavy (non-hydrogen) atoms. The van der Waals surface area contributed by atoms with Crippen LogP contribution in [0.25, 0.3) is 0 Å². The van der Waals surface area contributed by atoms with Crippen molar-refractivity contribution < 1.29 is 13.2 Å². The third kappa shape index (κ3) is 4.23. The average Bonchev–Trinajstić information content (AvgIpc) is 2.02. The van der Waals surface area contributed by atoms with Crippen LogP contribution in [0.2, 0.25) is 0 Å². The lowest BCUT2D eigenvalue weighted by atomic mass is 10.2. The van der Waals surface area contributed by atoms with Crippen LogP contribution in [-0.4, -0.2) is 45.5 Å². The lowest BCUT2D eigenvalue weighted by Crippen LogP contribution is -2.52. The second-order valence-electron chi connectivity index (χ2n) is 3.30. The van der Waals surface area contributed by atoms with Gasteiger partial charge in [-0.25, -0.2) is 8.42 Å². The van der Waals surface area contributed by atoms with Crippen LogP contribution >= 0.6 is 0 Å². The van der Waals surface area contributed by atoms with Crippen molar-refractivity contribution in [1.82, 2.24) is 10.6 Å². The highest BCUT2D eigenvalue weighted by atomic mass is 32.2. The van der Waals surface area contributed by atoms with Gasteiger partial charge in [0.1, 0.15) is 9.84 Å². The third-order valence-electron chi connectivity index (χ3n) is 1.93. The van der Waals surface area contributed by atoms with Crippen LogP contribution in [0.15, 0.2) is 0 Å². The summed E-state index contributed by atoms with van der Waals surface area (Å²) in [5.74, 6) is 0.135. The summed E-state index contributed by atoms with van der Waals surface area (Å²) in [6, 6.07) is 0.0902. The second kappa shape index (κ2) is 4.06. The third-order valence-corrected chi connectivity index (χ3v) is 2.91. The van der Waals surface area contributed by atoms with E-state index in [1.807, 2.05) is 0 Å². The van der Waals surface area contributed by atoms with Crippen LogP contribution in [0.4, 0.5) is 0 Å². The molecule has 0 aliphatic carbocycles. The Bertz CT molecular complexity index is 276. The maximum atomic E-state index is 10.8. The molecule has 1 heterocycles. The smallest absolute Gasteiger partial charge is 0.234 e. The molecule has 0 saturated carbocycles. The van der Waals surface area contributed by atoms with Crippen LogP contribution in [0.5, 0.6) is 0 Å². The van der Waals surface area contributed by atoms with Gasteiger partial charge in [0.2, 0.25) is 5.91 Å². The zero-order valence-electron chi connectivity index (χ0n) is 7.54. The maximum absolute atomic E-state index is 10.8. The first-order valence-electron chi connectivity index (χ1n) is 4.15. The number of carbonyl (C=O) groups excluding carboxylic acids is 1. The predicted octanol–water partition coefficient (Wildman–Crippen LogP) is -1.49. The van der Waals surface area contributed by atoms with Crippen LogP contribution in [0.3, 0.4) is 0 Å². The molecule has 1 amide bonds. The SMILES string of the molecule is CS(=O)(=O)CC[C@H]1CNC(=O)CN1. The number of carbonyl (C=O) groups is 1. The summed E-state index contributed by atoms with van der Waals surface area (Å²) < 4.78 is 21.6. The van der Waals surface area contributed by atoms with E-state index in [-0.39, 0.29) is 24.2 Å². The van der Waals surface area contributed by atoms with E-state index in [1.54, 1.807) is 0 Å². The second-order valence-corrected chi connectivity index (χ2v) is 5.56. The van der Waals surface area contributed by atoms with Gasteiger partial charge in [0.25, 0.3) is 0 Å². The Kier molecular flexibility index (Phi) is 3.27. The van der Waals surface area contributed by atoms with E-state index in [0.29, 0.717) is 13.0 Å². The van der Waals surface area contributed by atoms with Gasteiger partial charge in [0.05, 0.1) is 12.3 Å². The number of hydrogen-bond acceptors (Lipinski definition) is 4. The van der Waals surface area contributed by atoms with Gasteiger partial charge in [0, 0.05) is 18.8 Å². The minimum Gasteiger partial charge on any atom is -0.353 e. The van der Waals surface area contributed by atoms with Gasteiger partial charge in [-0.2, -0.15) is 0 Å². The Hall–Kier alpha value is -0.620. The molecule has 1 atom stereocenters.